The van der Waals surface area contributed by atoms with E-state index in [1.165, 1.54) is 12.3 Å². The summed E-state index contributed by atoms with van der Waals surface area (Å²) in [6, 6.07) is 1.39. The third-order valence-electron chi connectivity index (χ3n) is 2.74. The van der Waals surface area contributed by atoms with Gasteiger partial charge in [0.05, 0.1) is 18.4 Å². The largest absolute Gasteiger partial charge is 0.444 e. The number of pyridine rings is 1. The Morgan fingerprint density at radius 1 is 1.22 bits per heavy atom. The van der Waals surface area contributed by atoms with E-state index in [4.69, 9.17) is 4.42 Å². The molecule has 0 fully saturated rings. The Labute approximate surface area is 105 Å². The van der Waals surface area contributed by atoms with Gasteiger partial charge >= 0.3 is 0 Å². The Kier molecular flexibility index (Phi) is 3.72. The van der Waals surface area contributed by atoms with E-state index < -0.39 is 0 Å². The summed E-state index contributed by atoms with van der Waals surface area (Å²) < 4.78 is 18.5. The second-order valence-electron chi connectivity index (χ2n) is 4.36. The first-order valence-electron chi connectivity index (χ1n) is 5.85. The van der Waals surface area contributed by atoms with Crippen LogP contribution in [0.3, 0.4) is 0 Å². The quantitative estimate of drug-likeness (QED) is 0.905. The first-order chi connectivity index (χ1) is 8.56. The molecule has 0 amide bonds. The normalized spacial score (nSPS) is 14.4. The van der Waals surface area contributed by atoms with Crippen molar-refractivity contribution in [2.24, 2.45) is 0 Å². The van der Waals surface area contributed by atoms with Gasteiger partial charge < -0.3 is 4.42 Å². The molecule has 0 saturated carbocycles. The first kappa shape index (κ1) is 12.7. The molecule has 0 spiro atoms. The highest BCUT2D eigenvalue weighted by Crippen LogP contribution is 2.19. The number of rotatable bonds is 4. The van der Waals surface area contributed by atoms with Crippen LogP contribution in [0.1, 0.15) is 43.1 Å². The molecule has 0 saturated heterocycles. The average molecular weight is 249 g/mol. The molecule has 0 aliphatic carbocycles. The Morgan fingerprint density at radius 2 is 2.00 bits per heavy atom. The molecule has 18 heavy (non-hydrogen) atoms. The lowest BCUT2D eigenvalue weighted by atomic mass is 10.1. The van der Waals surface area contributed by atoms with Gasteiger partial charge in [-0.3, -0.25) is 10.3 Å². The molecular formula is C13H16FN3O. The predicted molar refractivity (Wildman–Crippen MR) is 65.4 cm³/mol. The van der Waals surface area contributed by atoms with Crippen LogP contribution >= 0.6 is 0 Å². The fourth-order valence-electron chi connectivity index (χ4n) is 1.78. The number of hydrogen-bond donors (Lipinski definition) is 1. The molecular weight excluding hydrogens is 233 g/mol. The van der Waals surface area contributed by atoms with Crippen LogP contribution < -0.4 is 5.32 Å². The predicted octanol–water partition coefficient (Wildman–Crippen LogP) is 2.93. The molecule has 0 aromatic carbocycles. The molecule has 2 aromatic rings. The number of hydrogen-bond acceptors (Lipinski definition) is 4. The number of aromatic nitrogens is 2. The molecule has 0 radical (unpaired) electrons. The van der Waals surface area contributed by atoms with E-state index in [-0.39, 0.29) is 17.9 Å². The van der Waals surface area contributed by atoms with Gasteiger partial charge in [0.15, 0.2) is 0 Å². The van der Waals surface area contributed by atoms with Gasteiger partial charge in [-0.2, -0.15) is 0 Å². The molecule has 2 unspecified atom stereocenters. The number of nitrogens with zero attached hydrogens (tertiary/aromatic N) is 2. The summed E-state index contributed by atoms with van der Waals surface area (Å²) in [4.78, 5) is 8.00. The summed E-state index contributed by atoms with van der Waals surface area (Å²) in [5, 5.41) is 3.29. The van der Waals surface area contributed by atoms with Gasteiger partial charge in [0.25, 0.3) is 0 Å². The standard InChI is InChI=1S/C13H16FN3O/c1-8-5-16-13(18-8)10(3)17-9(2)11-4-12(14)7-15-6-11/h4-7,9-10,17H,1-3H3. The Morgan fingerprint density at radius 3 is 2.61 bits per heavy atom. The molecule has 2 rings (SSSR count). The molecule has 1 N–H and O–H groups in total. The highest BCUT2D eigenvalue weighted by Gasteiger charge is 2.15. The summed E-state index contributed by atoms with van der Waals surface area (Å²) in [5.74, 6) is 1.07. The molecule has 2 aromatic heterocycles. The summed E-state index contributed by atoms with van der Waals surface area (Å²) in [6.07, 6.45) is 4.52. The van der Waals surface area contributed by atoms with Crippen LogP contribution in [0, 0.1) is 12.7 Å². The number of nitrogens with one attached hydrogen (secondary N) is 1. The van der Waals surface area contributed by atoms with Gasteiger partial charge in [0, 0.05) is 12.2 Å². The van der Waals surface area contributed by atoms with E-state index in [2.05, 4.69) is 15.3 Å². The van der Waals surface area contributed by atoms with Crippen molar-refractivity contribution in [1.29, 1.82) is 0 Å². The van der Waals surface area contributed by atoms with E-state index in [0.29, 0.717) is 5.89 Å². The van der Waals surface area contributed by atoms with Crippen LogP contribution in [0.5, 0.6) is 0 Å². The fourth-order valence-corrected chi connectivity index (χ4v) is 1.78. The minimum absolute atomic E-state index is 0.0320. The lowest BCUT2D eigenvalue weighted by Gasteiger charge is -2.17. The van der Waals surface area contributed by atoms with Crippen molar-refractivity contribution in [3.05, 3.63) is 47.7 Å². The summed E-state index contributed by atoms with van der Waals surface area (Å²) in [6.45, 7) is 5.75. The zero-order valence-corrected chi connectivity index (χ0v) is 10.6. The van der Waals surface area contributed by atoms with Gasteiger partial charge in [-0.15, -0.1) is 0 Å². The van der Waals surface area contributed by atoms with E-state index >= 15 is 0 Å². The van der Waals surface area contributed by atoms with Gasteiger partial charge in [-0.05, 0) is 32.4 Å². The summed E-state index contributed by atoms with van der Waals surface area (Å²) >= 11 is 0. The van der Waals surface area contributed by atoms with Crippen molar-refractivity contribution in [1.82, 2.24) is 15.3 Å². The van der Waals surface area contributed by atoms with E-state index in [1.54, 1.807) is 12.4 Å². The molecule has 2 heterocycles. The highest BCUT2D eigenvalue weighted by atomic mass is 19.1. The van der Waals surface area contributed by atoms with E-state index in [9.17, 15) is 4.39 Å². The van der Waals surface area contributed by atoms with Crippen molar-refractivity contribution in [3.63, 3.8) is 0 Å². The van der Waals surface area contributed by atoms with Crippen molar-refractivity contribution in [3.8, 4) is 0 Å². The van der Waals surface area contributed by atoms with Crippen molar-refractivity contribution < 1.29 is 8.81 Å². The zero-order chi connectivity index (χ0) is 13.1. The molecule has 0 bridgehead atoms. The van der Waals surface area contributed by atoms with Crippen LogP contribution in [-0.4, -0.2) is 9.97 Å². The molecule has 96 valence electrons. The van der Waals surface area contributed by atoms with Crippen LogP contribution in [0.4, 0.5) is 4.39 Å². The molecule has 4 nitrogen and oxygen atoms in total. The Bertz CT molecular complexity index is 526. The minimum Gasteiger partial charge on any atom is -0.444 e. The maximum atomic E-state index is 13.1. The van der Waals surface area contributed by atoms with Crippen LogP contribution in [0.15, 0.2) is 29.1 Å². The molecule has 0 aliphatic heterocycles. The SMILES string of the molecule is Cc1cnc(C(C)NC(C)c2cncc(F)c2)o1. The third-order valence-corrected chi connectivity index (χ3v) is 2.74. The topological polar surface area (TPSA) is 51.0 Å². The average Bonchev–Trinajstić information content (AvgIpc) is 2.76. The van der Waals surface area contributed by atoms with E-state index in [0.717, 1.165) is 11.3 Å². The maximum absolute atomic E-state index is 13.1. The summed E-state index contributed by atoms with van der Waals surface area (Å²) in [5.41, 5.74) is 0.796. The van der Waals surface area contributed by atoms with Gasteiger partial charge in [0.2, 0.25) is 5.89 Å². The van der Waals surface area contributed by atoms with Crippen molar-refractivity contribution >= 4 is 0 Å². The number of aryl methyl sites for hydroxylation is 1. The summed E-state index contributed by atoms with van der Waals surface area (Å²) in [7, 11) is 0. The molecule has 5 heteroatoms. The van der Waals surface area contributed by atoms with Gasteiger partial charge in [-0.1, -0.05) is 0 Å². The van der Waals surface area contributed by atoms with Crippen LogP contribution in [0.2, 0.25) is 0 Å². The molecule has 0 aliphatic rings. The highest BCUT2D eigenvalue weighted by molar-refractivity contribution is 5.14. The van der Waals surface area contributed by atoms with Crippen molar-refractivity contribution in [2.75, 3.05) is 0 Å². The Hall–Kier alpha value is -1.75. The lowest BCUT2D eigenvalue weighted by Crippen LogP contribution is -2.22. The monoisotopic (exact) mass is 249 g/mol. The Balaban J connectivity index is 2.05. The number of oxazole rings is 1. The minimum atomic E-state index is -0.333. The van der Waals surface area contributed by atoms with Crippen LogP contribution in [0.25, 0.3) is 0 Å². The number of halogens is 1. The van der Waals surface area contributed by atoms with Crippen LogP contribution in [-0.2, 0) is 0 Å². The maximum Gasteiger partial charge on any atom is 0.211 e. The van der Waals surface area contributed by atoms with E-state index in [1.807, 2.05) is 20.8 Å². The van der Waals surface area contributed by atoms with Crippen molar-refractivity contribution in [2.45, 2.75) is 32.9 Å². The second-order valence-corrected chi connectivity index (χ2v) is 4.36. The van der Waals surface area contributed by atoms with Gasteiger partial charge in [-0.25, -0.2) is 9.37 Å². The first-order valence-corrected chi connectivity index (χ1v) is 5.85. The lowest BCUT2D eigenvalue weighted by molar-refractivity contribution is 0.379. The van der Waals surface area contributed by atoms with Gasteiger partial charge in [0.1, 0.15) is 11.6 Å². The fraction of sp³-hybridized carbons (Fsp3) is 0.385. The second kappa shape index (κ2) is 5.27. The molecule has 2 atom stereocenters. The third kappa shape index (κ3) is 2.92. The zero-order valence-electron chi connectivity index (χ0n) is 10.6. The smallest absolute Gasteiger partial charge is 0.211 e.